The predicted octanol–water partition coefficient (Wildman–Crippen LogP) is 3.44. The van der Waals surface area contributed by atoms with E-state index in [9.17, 15) is 0 Å². The summed E-state index contributed by atoms with van der Waals surface area (Å²) in [5.41, 5.74) is 1.29. The number of aromatic nitrogens is 1. The van der Waals surface area contributed by atoms with Gasteiger partial charge in [-0.3, -0.25) is 0 Å². The highest BCUT2D eigenvalue weighted by molar-refractivity contribution is 7.15. The summed E-state index contributed by atoms with van der Waals surface area (Å²) in [4.78, 5) is 8.54. The topological polar surface area (TPSA) is 28.2 Å². The maximum absolute atomic E-state index is 4.83. The molecule has 1 aromatic rings. The van der Waals surface area contributed by atoms with Crippen molar-refractivity contribution in [2.45, 2.75) is 59.5 Å². The molecule has 1 aromatic heterocycles. The number of nitrogens with one attached hydrogen (secondary N) is 1. The molecule has 3 nitrogen and oxygen atoms in total. The van der Waals surface area contributed by atoms with Gasteiger partial charge in [0, 0.05) is 24.5 Å². The van der Waals surface area contributed by atoms with Crippen molar-refractivity contribution in [2.24, 2.45) is 0 Å². The molecule has 0 aliphatic carbocycles. The molecule has 0 aliphatic heterocycles. The van der Waals surface area contributed by atoms with Gasteiger partial charge in [0.1, 0.15) is 0 Å². The number of rotatable bonds is 8. The van der Waals surface area contributed by atoms with E-state index in [1.807, 2.05) is 11.3 Å². The molecule has 0 fully saturated rings. The van der Waals surface area contributed by atoms with E-state index in [2.05, 4.69) is 45.0 Å². The van der Waals surface area contributed by atoms with Gasteiger partial charge in [0.15, 0.2) is 5.13 Å². The summed E-state index contributed by atoms with van der Waals surface area (Å²) in [5.74, 6) is 0. The first-order chi connectivity index (χ1) is 8.63. The second kappa shape index (κ2) is 7.74. The Kier molecular flexibility index (Phi) is 6.65. The van der Waals surface area contributed by atoms with Gasteiger partial charge in [-0.1, -0.05) is 27.2 Å². The van der Waals surface area contributed by atoms with Crippen LogP contribution >= 0.6 is 11.3 Å². The van der Waals surface area contributed by atoms with E-state index in [1.165, 1.54) is 15.7 Å². The molecular weight excluding hydrogens is 242 g/mol. The predicted molar refractivity (Wildman–Crippen MR) is 81.6 cm³/mol. The molecule has 0 amide bonds. The van der Waals surface area contributed by atoms with Gasteiger partial charge in [0.25, 0.3) is 0 Å². The summed E-state index contributed by atoms with van der Waals surface area (Å²) < 4.78 is 0. The number of nitrogens with zero attached hydrogens (tertiary/aromatic N) is 2. The van der Waals surface area contributed by atoms with Gasteiger partial charge in [-0.25, -0.2) is 4.98 Å². The zero-order valence-electron chi connectivity index (χ0n) is 12.4. The van der Waals surface area contributed by atoms with E-state index in [-0.39, 0.29) is 0 Å². The fourth-order valence-electron chi connectivity index (χ4n) is 1.79. The van der Waals surface area contributed by atoms with Crippen LogP contribution in [-0.2, 0) is 13.0 Å². The monoisotopic (exact) mass is 269 g/mol. The molecule has 1 heterocycles. The van der Waals surface area contributed by atoms with Gasteiger partial charge >= 0.3 is 0 Å². The second-order valence-electron chi connectivity index (χ2n) is 4.76. The Morgan fingerprint density at radius 2 is 2.06 bits per heavy atom. The van der Waals surface area contributed by atoms with E-state index in [4.69, 9.17) is 4.98 Å². The van der Waals surface area contributed by atoms with E-state index < -0.39 is 0 Å². The number of anilines is 1. The number of aryl methyl sites for hydroxylation is 1. The first kappa shape index (κ1) is 15.4. The lowest BCUT2D eigenvalue weighted by molar-refractivity contribution is 0.660. The van der Waals surface area contributed by atoms with E-state index in [1.54, 1.807) is 0 Å². The Balaban J connectivity index is 2.86. The summed E-state index contributed by atoms with van der Waals surface area (Å²) in [5, 5.41) is 4.58. The molecular formula is C14H27N3S. The Morgan fingerprint density at radius 1 is 1.33 bits per heavy atom. The minimum absolute atomic E-state index is 0.553. The fraction of sp³-hybridized carbons (Fsp3) is 0.786. The molecule has 0 saturated carbocycles. The number of thiazole rings is 1. The Labute approximate surface area is 116 Å². The van der Waals surface area contributed by atoms with Crippen LogP contribution in [0, 0.1) is 0 Å². The summed E-state index contributed by atoms with van der Waals surface area (Å²) >= 11 is 1.84. The van der Waals surface area contributed by atoms with Crippen LogP contribution in [0.15, 0.2) is 0 Å². The summed E-state index contributed by atoms with van der Waals surface area (Å²) in [7, 11) is 2.15. The molecule has 0 aromatic carbocycles. The number of hydrogen-bond donors (Lipinski definition) is 1. The maximum Gasteiger partial charge on any atom is 0.185 e. The first-order valence-corrected chi connectivity index (χ1v) is 7.87. The largest absolute Gasteiger partial charge is 0.348 e. The third-order valence-electron chi connectivity index (χ3n) is 3.34. The van der Waals surface area contributed by atoms with Gasteiger partial charge in [0.2, 0.25) is 0 Å². The molecule has 0 saturated heterocycles. The molecule has 0 spiro atoms. The lowest BCUT2D eigenvalue weighted by Gasteiger charge is -2.22. The molecule has 1 N–H and O–H groups in total. The standard InChI is InChI=1S/C14H27N3S/c1-6-9-12-13(10-15-8-3)18-14(16-12)17(5)11(4)7-2/h11,15H,6-10H2,1-5H3. The van der Waals surface area contributed by atoms with Crippen LogP contribution in [0.3, 0.4) is 0 Å². The molecule has 0 aliphatic rings. The Morgan fingerprint density at radius 3 is 2.61 bits per heavy atom. The third kappa shape index (κ3) is 3.95. The van der Waals surface area contributed by atoms with E-state index in [0.29, 0.717) is 6.04 Å². The molecule has 0 bridgehead atoms. The summed E-state index contributed by atoms with van der Waals surface area (Å²) in [6, 6.07) is 0.553. The molecule has 1 rings (SSSR count). The lowest BCUT2D eigenvalue weighted by atomic mass is 10.2. The van der Waals surface area contributed by atoms with Gasteiger partial charge in [0.05, 0.1) is 5.69 Å². The van der Waals surface area contributed by atoms with Crippen LogP contribution in [0.5, 0.6) is 0 Å². The lowest BCUT2D eigenvalue weighted by Crippen LogP contribution is -2.27. The van der Waals surface area contributed by atoms with Crippen LogP contribution in [0.25, 0.3) is 0 Å². The molecule has 104 valence electrons. The Bertz CT molecular complexity index is 349. The quantitative estimate of drug-likeness (QED) is 0.783. The smallest absolute Gasteiger partial charge is 0.185 e. The van der Waals surface area contributed by atoms with Gasteiger partial charge in [-0.15, -0.1) is 11.3 Å². The van der Waals surface area contributed by atoms with Crippen molar-refractivity contribution >= 4 is 16.5 Å². The summed E-state index contributed by atoms with van der Waals surface area (Å²) in [6.45, 7) is 10.8. The highest BCUT2D eigenvalue weighted by Crippen LogP contribution is 2.28. The zero-order chi connectivity index (χ0) is 13.5. The average Bonchev–Trinajstić information content (AvgIpc) is 2.78. The maximum atomic E-state index is 4.83. The molecule has 18 heavy (non-hydrogen) atoms. The Hall–Kier alpha value is -0.610. The summed E-state index contributed by atoms with van der Waals surface area (Å²) in [6.07, 6.45) is 3.41. The highest BCUT2D eigenvalue weighted by Gasteiger charge is 2.16. The van der Waals surface area contributed by atoms with Crippen molar-refractivity contribution in [3.8, 4) is 0 Å². The SMILES string of the molecule is CCCc1nc(N(C)C(C)CC)sc1CNCC. The van der Waals surface area contributed by atoms with Crippen molar-refractivity contribution in [3.05, 3.63) is 10.6 Å². The third-order valence-corrected chi connectivity index (χ3v) is 4.53. The van der Waals surface area contributed by atoms with Gasteiger partial charge < -0.3 is 10.2 Å². The van der Waals surface area contributed by atoms with Crippen molar-refractivity contribution < 1.29 is 0 Å². The van der Waals surface area contributed by atoms with Crippen LogP contribution in [0.2, 0.25) is 0 Å². The average molecular weight is 269 g/mol. The van der Waals surface area contributed by atoms with Crippen LogP contribution in [0.1, 0.15) is 51.1 Å². The normalized spacial score (nSPS) is 12.7. The van der Waals surface area contributed by atoms with Crippen molar-refractivity contribution in [1.82, 2.24) is 10.3 Å². The van der Waals surface area contributed by atoms with Crippen molar-refractivity contribution in [3.63, 3.8) is 0 Å². The van der Waals surface area contributed by atoms with Crippen LogP contribution < -0.4 is 10.2 Å². The van der Waals surface area contributed by atoms with E-state index in [0.717, 1.165) is 32.4 Å². The highest BCUT2D eigenvalue weighted by atomic mass is 32.1. The van der Waals surface area contributed by atoms with Crippen LogP contribution in [0.4, 0.5) is 5.13 Å². The van der Waals surface area contributed by atoms with Gasteiger partial charge in [-0.05, 0) is 26.3 Å². The molecule has 4 heteroatoms. The minimum Gasteiger partial charge on any atom is -0.348 e. The number of hydrogen-bond acceptors (Lipinski definition) is 4. The van der Waals surface area contributed by atoms with Gasteiger partial charge in [-0.2, -0.15) is 0 Å². The van der Waals surface area contributed by atoms with Crippen LogP contribution in [-0.4, -0.2) is 24.6 Å². The first-order valence-electron chi connectivity index (χ1n) is 7.06. The minimum atomic E-state index is 0.553. The molecule has 1 unspecified atom stereocenters. The van der Waals surface area contributed by atoms with Crippen molar-refractivity contribution in [2.75, 3.05) is 18.5 Å². The zero-order valence-corrected chi connectivity index (χ0v) is 13.2. The van der Waals surface area contributed by atoms with Crippen molar-refractivity contribution in [1.29, 1.82) is 0 Å². The second-order valence-corrected chi connectivity index (χ2v) is 5.83. The molecule has 1 atom stereocenters. The molecule has 0 radical (unpaired) electrons. The fourth-order valence-corrected chi connectivity index (χ4v) is 2.93. The van der Waals surface area contributed by atoms with E-state index >= 15 is 0 Å².